The third kappa shape index (κ3) is 4.39. The Kier molecular flexibility index (Phi) is 5.80. The number of nitrogens with zero attached hydrogens (tertiary/aromatic N) is 3. The van der Waals surface area contributed by atoms with E-state index in [2.05, 4.69) is 57.7 Å². The minimum Gasteiger partial charge on any atom is -0.426 e. The number of aromatic nitrogens is 3. The average Bonchev–Trinajstić information content (AvgIpc) is 3.50. The number of aryl methyl sites for hydroxylation is 1. The number of rotatable bonds is 7. The molecule has 5 heteroatoms. The molecule has 36 heavy (non-hydrogen) atoms. The van der Waals surface area contributed by atoms with Gasteiger partial charge in [0.1, 0.15) is 11.6 Å². The van der Waals surface area contributed by atoms with Crippen molar-refractivity contribution in [2.75, 3.05) is 0 Å². The van der Waals surface area contributed by atoms with Gasteiger partial charge in [0.2, 0.25) is 0 Å². The molecule has 0 radical (unpaired) electrons. The Morgan fingerprint density at radius 2 is 1.47 bits per heavy atom. The highest BCUT2D eigenvalue weighted by Gasteiger charge is 2.14. The second-order valence-electron chi connectivity index (χ2n) is 8.81. The average molecular weight is 472 g/mol. The topological polar surface area (TPSA) is 49.1 Å². The molecule has 0 N–H and O–H groups in total. The van der Waals surface area contributed by atoms with E-state index in [1.807, 2.05) is 66.9 Å². The van der Waals surface area contributed by atoms with E-state index in [1.54, 1.807) is 0 Å². The second kappa shape index (κ2) is 9.55. The van der Waals surface area contributed by atoms with Crippen LogP contribution in [0.3, 0.4) is 0 Å². The molecule has 0 unspecified atom stereocenters. The van der Waals surface area contributed by atoms with Gasteiger partial charge in [0.25, 0.3) is 0 Å². The molecule has 2 heterocycles. The molecule has 6 aromatic rings. The van der Waals surface area contributed by atoms with Crippen LogP contribution in [-0.4, -0.2) is 20.1 Å². The fourth-order valence-corrected chi connectivity index (χ4v) is 4.62. The minimum atomic E-state index is -0.253. The number of hydrogen-bond acceptors (Lipinski definition) is 3. The number of carbonyl (C=O) groups excluding carboxylic acids is 1. The van der Waals surface area contributed by atoms with Gasteiger partial charge in [-0.3, -0.25) is 4.79 Å². The molecule has 0 aliphatic carbocycles. The van der Waals surface area contributed by atoms with Gasteiger partial charge >= 0.3 is 5.97 Å². The first-order chi connectivity index (χ1) is 17.7. The van der Waals surface area contributed by atoms with Crippen LogP contribution in [0.5, 0.6) is 5.75 Å². The van der Waals surface area contributed by atoms with E-state index in [-0.39, 0.29) is 5.97 Å². The van der Waals surface area contributed by atoms with Crippen molar-refractivity contribution in [2.45, 2.75) is 19.5 Å². The van der Waals surface area contributed by atoms with Crippen molar-refractivity contribution in [2.24, 2.45) is 0 Å². The molecule has 0 saturated heterocycles. The molecular formula is C31H25N3O2. The van der Waals surface area contributed by atoms with Crippen molar-refractivity contribution in [3.05, 3.63) is 121 Å². The second-order valence-corrected chi connectivity index (χ2v) is 8.81. The summed E-state index contributed by atoms with van der Waals surface area (Å²) in [7, 11) is 0. The highest BCUT2D eigenvalue weighted by molar-refractivity contribution is 5.81. The molecule has 0 amide bonds. The smallest absolute Gasteiger partial charge is 0.312 e. The van der Waals surface area contributed by atoms with Crippen LogP contribution in [0.1, 0.15) is 12.0 Å². The number of ether oxygens (including phenoxy) is 1. The van der Waals surface area contributed by atoms with Gasteiger partial charge in [0, 0.05) is 30.4 Å². The van der Waals surface area contributed by atoms with E-state index in [1.165, 1.54) is 10.9 Å². The molecule has 0 spiro atoms. The van der Waals surface area contributed by atoms with Crippen LogP contribution < -0.4 is 4.74 Å². The summed E-state index contributed by atoms with van der Waals surface area (Å²) < 4.78 is 9.93. The van der Waals surface area contributed by atoms with Crippen molar-refractivity contribution in [1.29, 1.82) is 0 Å². The Balaban J connectivity index is 1.19. The highest BCUT2D eigenvalue weighted by atomic mass is 16.5. The van der Waals surface area contributed by atoms with Gasteiger partial charge in [-0.15, -0.1) is 0 Å². The summed E-state index contributed by atoms with van der Waals surface area (Å²) in [5, 5.41) is 1.17. The van der Waals surface area contributed by atoms with Crippen molar-refractivity contribution in [1.82, 2.24) is 14.1 Å². The third-order valence-corrected chi connectivity index (χ3v) is 6.42. The molecule has 5 nitrogen and oxygen atoms in total. The molecule has 0 bridgehead atoms. The normalized spacial score (nSPS) is 11.2. The quantitative estimate of drug-likeness (QED) is 0.192. The van der Waals surface area contributed by atoms with Gasteiger partial charge in [0.05, 0.1) is 17.5 Å². The summed E-state index contributed by atoms with van der Waals surface area (Å²) in [5.41, 5.74) is 5.34. The first-order valence-electron chi connectivity index (χ1n) is 12.1. The van der Waals surface area contributed by atoms with Crippen LogP contribution >= 0.6 is 0 Å². The fraction of sp³-hybridized carbons (Fsp3) is 0.0968. The Morgan fingerprint density at radius 1 is 0.750 bits per heavy atom. The van der Waals surface area contributed by atoms with Gasteiger partial charge in [0.15, 0.2) is 0 Å². The lowest BCUT2D eigenvalue weighted by molar-refractivity contribution is -0.134. The number of carbonyl (C=O) groups is 1. The van der Waals surface area contributed by atoms with Crippen molar-refractivity contribution in [3.8, 4) is 17.1 Å². The molecule has 0 fully saturated rings. The number of fused-ring (bicyclic) bond motifs is 2. The predicted molar refractivity (Wildman–Crippen MR) is 143 cm³/mol. The molecule has 0 atom stereocenters. The predicted octanol–water partition coefficient (Wildman–Crippen LogP) is 6.70. The van der Waals surface area contributed by atoms with Gasteiger partial charge in [-0.25, -0.2) is 4.98 Å². The SMILES string of the molecule is O=C(CCn1ccc2ccccc21)Oc1ccc(-c2nc3ccccc3n2Cc2ccccc2)cc1. The largest absolute Gasteiger partial charge is 0.426 e. The van der Waals surface area contributed by atoms with Gasteiger partial charge in [-0.2, -0.15) is 0 Å². The maximum absolute atomic E-state index is 12.5. The fourth-order valence-electron chi connectivity index (χ4n) is 4.62. The Labute approximate surface area is 209 Å². The van der Waals surface area contributed by atoms with E-state index in [9.17, 15) is 4.79 Å². The first kappa shape index (κ1) is 21.9. The van der Waals surface area contributed by atoms with Crippen molar-refractivity contribution >= 4 is 27.9 Å². The molecule has 0 aliphatic rings. The van der Waals surface area contributed by atoms with E-state index in [4.69, 9.17) is 9.72 Å². The minimum absolute atomic E-state index is 0.253. The maximum Gasteiger partial charge on any atom is 0.312 e. The molecule has 0 saturated carbocycles. The van der Waals surface area contributed by atoms with Crippen LogP contribution in [-0.2, 0) is 17.9 Å². The third-order valence-electron chi connectivity index (χ3n) is 6.42. The first-order valence-corrected chi connectivity index (χ1v) is 12.1. The van der Waals surface area contributed by atoms with Gasteiger partial charge in [-0.05, 0) is 59.5 Å². The van der Waals surface area contributed by atoms with Crippen LogP contribution in [0.4, 0.5) is 0 Å². The van der Waals surface area contributed by atoms with Gasteiger partial charge in [-0.1, -0.05) is 60.7 Å². The molecular weight excluding hydrogens is 446 g/mol. The summed E-state index contributed by atoms with van der Waals surface area (Å²) >= 11 is 0. The summed E-state index contributed by atoms with van der Waals surface area (Å²) in [4.78, 5) is 17.4. The molecule has 2 aromatic heterocycles. The summed E-state index contributed by atoms with van der Waals surface area (Å²) in [6.45, 7) is 1.30. The van der Waals surface area contributed by atoms with Crippen LogP contribution in [0.2, 0.25) is 0 Å². The zero-order chi connectivity index (χ0) is 24.3. The number of benzene rings is 4. The number of esters is 1. The summed E-state index contributed by atoms with van der Waals surface area (Å²) in [6, 6.07) is 36.4. The van der Waals surface area contributed by atoms with E-state index in [0.29, 0.717) is 18.7 Å². The molecule has 176 valence electrons. The Morgan fingerprint density at radius 3 is 2.31 bits per heavy atom. The summed E-state index contributed by atoms with van der Waals surface area (Å²) in [5.74, 6) is 1.17. The van der Waals surface area contributed by atoms with Crippen molar-refractivity contribution in [3.63, 3.8) is 0 Å². The monoisotopic (exact) mass is 471 g/mol. The number of imidazole rings is 1. The van der Waals surface area contributed by atoms with E-state index in [0.717, 1.165) is 34.5 Å². The lowest BCUT2D eigenvalue weighted by Crippen LogP contribution is -2.11. The number of para-hydroxylation sites is 3. The maximum atomic E-state index is 12.5. The Bertz CT molecular complexity index is 1650. The zero-order valence-electron chi connectivity index (χ0n) is 19.7. The standard InChI is InChI=1S/C31H25N3O2/c35-30(19-21-33-20-18-24-10-4-6-12-28(24)33)36-26-16-14-25(15-17-26)31-32-27-11-5-7-13-29(27)34(31)22-23-8-2-1-3-9-23/h1-18,20H,19,21-22H2. The summed E-state index contributed by atoms with van der Waals surface area (Å²) in [6.07, 6.45) is 2.31. The zero-order valence-corrected chi connectivity index (χ0v) is 19.7. The lowest BCUT2D eigenvalue weighted by atomic mass is 10.2. The lowest BCUT2D eigenvalue weighted by Gasteiger charge is -2.11. The van der Waals surface area contributed by atoms with Gasteiger partial charge < -0.3 is 13.9 Å². The molecule has 4 aromatic carbocycles. The molecule has 0 aliphatic heterocycles. The molecule has 6 rings (SSSR count). The number of hydrogen-bond donors (Lipinski definition) is 0. The van der Waals surface area contributed by atoms with Crippen LogP contribution in [0.15, 0.2) is 115 Å². The Hall–Kier alpha value is -4.64. The highest BCUT2D eigenvalue weighted by Crippen LogP contribution is 2.27. The van der Waals surface area contributed by atoms with Crippen LogP contribution in [0.25, 0.3) is 33.3 Å². The van der Waals surface area contributed by atoms with E-state index < -0.39 is 0 Å². The van der Waals surface area contributed by atoms with E-state index >= 15 is 0 Å². The van der Waals surface area contributed by atoms with Crippen LogP contribution in [0, 0.1) is 0 Å². The van der Waals surface area contributed by atoms with Crippen molar-refractivity contribution < 1.29 is 9.53 Å².